The number of hydrogen-bond donors (Lipinski definition) is 1. The van der Waals surface area contributed by atoms with Crippen LogP contribution >= 0.6 is 27.5 Å². The Morgan fingerprint density at radius 2 is 2.21 bits per heavy atom. The summed E-state index contributed by atoms with van der Waals surface area (Å²) < 4.78 is 1.000. The molecule has 3 rings (SSSR count). The van der Waals surface area contributed by atoms with Gasteiger partial charge in [0.2, 0.25) is 0 Å². The lowest BCUT2D eigenvalue weighted by Crippen LogP contribution is -2.22. The second-order valence-corrected chi connectivity index (χ2v) is 7.45. The Hall–Kier alpha value is -0.0500. The Balaban J connectivity index is 1.71. The number of halogens is 2. The highest BCUT2D eigenvalue weighted by Crippen LogP contribution is 2.51. The summed E-state index contributed by atoms with van der Waals surface area (Å²) in [6.07, 6.45) is 7.17. The van der Waals surface area contributed by atoms with Gasteiger partial charge in [-0.05, 0) is 84.1 Å². The van der Waals surface area contributed by atoms with E-state index >= 15 is 0 Å². The van der Waals surface area contributed by atoms with Crippen molar-refractivity contribution < 1.29 is 0 Å². The lowest BCUT2D eigenvalue weighted by Gasteiger charge is -2.27. The number of fused-ring (bicyclic) bond motifs is 2. The van der Waals surface area contributed by atoms with E-state index in [0.29, 0.717) is 6.04 Å². The molecule has 2 aliphatic carbocycles. The largest absolute Gasteiger partial charge is 0.313 e. The van der Waals surface area contributed by atoms with Crippen LogP contribution in [0.3, 0.4) is 0 Å². The van der Waals surface area contributed by atoms with Crippen LogP contribution in [-0.4, -0.2) is 7.05 Å². The van der Waals surface area contributed by atoms with Crippen molar-refractivity contribution in [3.05, 3.63) is 33.3 Å². The highest BCUT2D eigenvalue weighted by Gasteiger charge is 2.40. The molecule has 4 unspecified atom stereocenters. The van der Waals surface area contributed by atoms with Crippen LogP contribution < -0.4 is 5.32 Å². The quantitative estimate of drug-likeness (QED) is 0.794. The van der Waals surface area contributed by atoms with Gasteiger partial charge in [0.25, 0.3) is 0 Å². The minimum Gasteiger partial charge on any atom is -0.313 e. The lowest BCUT2D eigenvalue weighted by molar-refractivity contribution is 0.284. The molecule has 1 N–H and O–H groups in total. The van der Waals surface area contributed by atoms with Crippen LogP contribution in [0.4, 0.5) is 0 Å². The third-order valence-electron chi connectivity index (χ3n) is 5.12. The van der Waals surface area contributed by atoms with Crippen molar-refractivity contribution in [1.29, 1.82) is 0 Å². The maximum Gasteiger partial charge on any atom is 0.0548 e. The smallest absolute Gasteiger partial charge is 0.0548 e. The van der Waals surface area contributed by atoms with Gasteiger partial charge in [-0.25, -0.2) is 0 Å². The molecule has 0 heterocycles. The van der Waals surface area contributed by atoms with Gasteiger partial charge < -0.3 is 5.32 Å². The van der Waals surface area contributed by atoms with Crippen LogP contribution in [0, 0.1) is 17.8 Å². The summed E-state index contributed by atoms with van der Waals surface area (Å²) in [5.74, 6) is 2.95. The van der Waals surface area contributed by atoms with Crippen LogP contribution in [0.25, 0.3) is 0 Å². The maximum absolute atomic E-state index is 6.08. The van der Waals surface area contributed by atoms with Crippen molar-refractivity contribution in [3.8, 4) is 0 Å². The molecule has 1 nitrogen and oxygen atoms in total. The summed E-state index contributed by atoms with van der Waals surface area (Å²) in [6, 6.07) is 6.77. The van der Waals surface area contributed by atoms with E-state index in [9.17, 15) is 0 Å². The summed E-state index contributed by atoms with van der Waals surface area (Å²) in [5.41, 5.74) is 1.35. The van der Waals surface area contributed by atoms with E-state index in [2.05, 4.69) is 40.4 Å². The molecule has 0 aromatic heterocycles. The Kier molecular flexibility index (Phi) is 4.21. The second kappa shape index (κ2) is 5.75. The van der Waals surface area contributed by atoms with Crippen molar-refractivity contribution in [2.45, 2.75) is 38.1 Å². The van der Waals surface area contributed by atoms with Crippen molar-refractivity contribution in [2.75, 3.05) is 7.05 Å². The SMILES string of the molecule is CNC(CC1CC2CCC1C2)c1ccc(Cl)c(Br)c1. The average molecular weight is 343 g/mol. The first-order valence-corrected chi connectivity index (χ1v) is 8.46. The zero-order valence-corrected chi connectivity index (χ0v) is 13.7. The predicted molar refractivity (Wildman–Crippen MR) is 84.5 cm³/mol. The van der Waals surface area contributed by atoms with E-state index in [0.717, 1.165) is 27.2 Å². The molecule has 4 atom stereocenters. The van der Waals surface area contributed by atoms with Crippen molar-refractivity contribution in [2.24, 2.45) is 17.8 Å². The first kappa shape index (κ1) is 13.9. The third-order valence-corrected chi connectivity index (χ3v) is 6.33. The van der Waals surface area contributed by atoms with Gasteiger partial charge in [-0.3, -0.25) is 0 Å². The van der Waals surface area contributed by atoms with Crippen LogP contribution in [0.5, 0.6) is 0 Å². The third kappa shape index (κ3) is 2.86. The lowest BCUT2D eigenvalue weighted by atomic mass is 9.83. The summed E-state index contributed by atoms with van der Waals surface area (Å²) in [5, 5.41) is 4.28. The van der Waals surface area contributed by atoms with E-state index < -0.39 is 0 Å². The number of benzene rings is 1. The fraction of sp³-hybridized carbons (Fsp3) is 0.625. The molecule has 0 amide bonds. The zero-order chi connectivity index (χ0) is 13.4. The average Bonchev–Trinajstić information content (AvgIpc) is 3.01. The molecule has 2 aliphatic rings. The standard InChI is InChI=1S/C16H21BrClN/c1-19-16(12-4-5-15(18)14(17)8-12)9-13-7-10-2-3-11(13)6-10/h4-5,8,10-11,13,16,19H,2-3,6-7,9H2,1H3. The van der Waals surface area contributed by atoms with E-state index in [1.54, 1.807) is 0 Å². The molecule has 1 aromatic carbocycles. The van der Waals surface area contributed by atoms with Crippen LogP contribution in [0.2, 0.25) is 5.02 Å². The van der Waals surface area contributed by atoms with E-state index in [4.69, 9.17) is 11.6 Å². The monoisotopic (exact) mass is 341 g/mol. The first-order valence-electron chi connectivity index (χ1n) is 7.29. The van der Waals surface area contributed by atoms with Crippen LogP contribution in [0.15, 0.2) is 22.7 Å². The fourth-order valence-corrected chi connectivity index (χ4v) is 4.63. The summed E-state index contributed by atoms with van der Waals surface area (Å²) in [6.45, 7) is 0. The molecular formula is C16H21BrClN. The first-order chi connectivity index (χ1) is 9.17. The van der Waals surface area contributed by atoms with Crippen molar-refractivity contribution in [1.82, 2.24) is 5.32 Å². The van der Waals surface area contributed by atoms with Gasteiger partial charge in [0.1, 0.15) is 0 Å². The van der Waals surface area contributed by atoms with Gasteiger partial charge in [-0.1, -0.05) is 24.1 Å². The molecular weight excluding hydrogens is 322 g/mol. The molecule has 2 fully saturated rings. The second-order valence-electron chi connectivity index (χ2n) is 6.19. The van der Waals surface area contributed by atoms with Gasteiger partial charge in [0.05, 0.1) is 5.02 Å². The van der Waals surface area contributed by atoms with Crippen molar-refractivity contribution >= 4 is 27.5 Å². The molecule has 19 heavy (non-hydrogen) atoms. The zero-order valence-electron chi connectivity index (χ0n) is 11.3. The molecule has 1 aromatic rings. The molecule has 0 spiro atoms. The van der Waals surface area contributed by atoms with Crippen molar-refractivity contribution in [3.63, 3.8) is 0 Å². The Bertz CT molecular complexity index is 462. The molecule has 2 saturated carbocycles. The summed E-state index contributed by atoms with van der Waals surface area (Å²) in [4.78, 5) is 0. The molecule has 0 saturated heterocycles. The van der Waals surface area contributed by atoms with Gasteiger partial charge in [-0.15, -0.1) is 0 Å². The fourth-order valence-electron chi connectivity index (χ4n) is 4.12. The molecule has 104 valence electrons. The maximum atomic E-state index is 6.08. The predicted octanol–water partition coefficient (Wildman–Crippen LogP) is 5.19. The van der Waals surface area contributed by atoms with Gasteiger partial charge >= 0.3 is 0 Å². The summed E-state index contributed by atoms with van der Waals surface area (Å²) in [7, 11) is 2.07. The van der Waals surface area contributed by atoms with Crippen LogP contribution in [-0.2, 0) is 0 Å². The Labute approximate surface area is 129 Å². The number of nitrogens with one attached hydrogen (secondary N) is 1. The molecule has 3 heteroatoms. The molecule has 2 bridgehead atoms. The normalized spacial score (nSPS) is 30.8. The van der Waals surface area contributed by atoms with Crippen LogP contribution in [0.1, 0.15) is 43.7 Å². The Morgan fingerprint density at radius 3 is 2.79 bits per heavy atom. The number of rotatable bonds is 4. The minimum absolute atomic E-state index is 0.456. The molecule has 0 aliphatic heterocycles. The topological polar surface area (TPSA) is 12.0 Å². The van der Waals surface area contributed by atoms with Gasteiger partial charge in [0.15, 0.2) is 0 Å². The highest BCUT2D eigenvalue weighted by atomic mass is 79.9. The van der Waals surface area contributed by atoms with Gasteiger partial charge in [-0.2, -0.15) is 0 Å². The minimum atomic E-state index is 0.456. The van der Waals surface area contributed by atoms with E-state index in [1.807, 2.05) is 6.07 Å². The Morgan fingerprint density at radius 1 is 1.37 bits per heavy atom. The molecule has 0 radical (unpaired) electrons. The van der Waals surface area contributed by atoms with E-state index in [-0.39, 0.29) is 0 Å². The van der Waals surface area contributed by atoms with E-state index in [1.165, 1.54) is 37.7 Å². The number of hydrogen-bond acceptors (Lipinski definition) is 1. The summed E-state index contributed by atoms with van der Waals surface area (Å²) >= 11 is 9.61. The highest BCUT2D eigenvalue weighted by molar-refractivity contribution is 9.10. The van der Waals surface area contributed by atoms with Gasteiger partial charge in [0, 0.05) is 10.5 Å².